The molecular weight excluding hydrogens is 597 g/mol. The summed E-state index contributed by atoms with van der Waals surface area (Å²) in [5.74, 6) is -1.76. The van der Waals surface area contributed by atoms with Crippen LogP contribution in [0.15, 0.2) is 70.8 Å². The van der Waals surface area contributed by atoms with Gasteiger partial charge in [-0.2, -0.15) is 13.2 Å². The zero-order valence-corrected chi connectivity index (χ0v) is 25.5. The second-order valence-electron chi connectivity index (χ2n) is 10.3. The number of benzene rings is 2. The van der Waals surface area contributed by atoms with E-state index in [0.29, 0.717) is 39.6 Å². The molecule has 0 saturated carbocycles. The van der Waals surface area contributed by atoms with E-state index in [1.165, 1.54) is 12.1 Å². The molecule has 0 bridgehead atoms. The van der Waals surface area contributed by atoms with Crippen LogP contribution in [-0.4, -0.2) is 90.0 Å². The van der Waals surface area contributed by atoms with E-state index in [4.69, 9.17) is 38.7 Å². The monoisotopic (exact) mass is 638 g/mol. The number of para-hydroxylation sites is 1. The van der Waals surface area contributed by atoms with E-state index >= 15 is 0 Å². The van der Waals surface area contributed by atoms with Crippen LogP contribution in [0, 0.1) is 11.8 Å². The highest BCUT2D eigenvalue weighted by Gasteiger charge is 2.48. The van der Waals surface area contributed by atoms with Crippen LogP contribution < -0.4 is 0 Å². The summed E-state index contributed by atoms with van der Waals surface area (Å²) in [6.45, 7) is 6.81. The van der Waals surface area contributed by atoms with Gasteiger partial charge >= 0.3 is 6.18 Å². The first-order valence-electron chi connectivity index (χ1n) is 14.8. The van der Waals surface area contributed by atoms with Gasteiger partial charge in [-0.05, 0) is 35.1 Å². The highest BCUT2D eigenvalue weighted by Crippen LogP contribution is 2.35. The number of halogens is 3. The van der Waals surface area contributed by atoms with Crippen molar-refractivity contribution in [1.29, 1.82) is 0 Å². The van der Waals surface area contributed by atoms with Gasteiger partial charge in [0.1, 0.15) is 6.10 Å². The molecule has 0 radical (unpaired) electrons. The predicted octanol–water partition coefficient (Wildman–Crippen LogP) is 6.25. The van der Waals surface area contributed by atoms with E-state index < -0.39 is 30.6 Å². The normalized spacial score (nSPS) is 22.2. The van der Waals surface area contributed by atoms with Gasteiger partial charge in [0.05, 0.1) is 71.3 Å². The highest BCUT2D eigenvalue weighted by molar-refractivity contribution is 5.84. The van der Waals surface area contributed by atoms with Crippen LogP contribution in [0.2, 0.25) is 0 Å². The summed E-state index contributed by atoms with van der Waals surface area (Å²) >= 11 is 0. The Labute approximate surface area is 261 Å². The first-order chi connectivity index (χ1) is 21.8. The van der Waals surface area contributed by atoms with Crippen molar-refractivity contribution in [2.24, 2.45) is 21.9 Å². The lowest BCUT2D eigenvalue weighted by molar-refractivity contribution is -0.271. The fraction of sp³-hybridized carbons (Fsp3) is 0.581. The Morgan fingerprint density at radius 1 is 0.822 bits per heavy atom. The molecule has 0 aliphatic carbocycles. The van der Waals surface area contributed by atoms with Crippen molar-refractivity contribution >= 4 is 11.6 Å². The number of alkyl halides is 3. The van der Waals surface area contributed by atoms with Gasteiger partial charge in [-0.15, -0.1) is 0 Å². The van der Waals surface area contributed by atoms with Crippen LogP contribution in [0.25, 0.3) is 10.4 Å². The van der Waals surface area contributed by atoms with Gasteiger partial charge in [-0.3, -0.25) is 0 Å². The largest absolute Gasteiger partial charge is 0.468 e. The van der Waals surface area contributed by atoms with Crippen molar-refractivity contribution in [2.45, 2.75) is 45.1 Å². The van der Waals surface area contributed by atoms with Crippen molar-refractivity contribution in [3.8, 4) is 0 Å². The summed E-state index contributed by atoms with van der Waals surface area (Å²) in [5, 5.41) is 3.37. The third-order valence-corrected chi connectivity index (χ3v) is 7.05. The molecule has 1 heterocycles. The number of hydrogen-bond donors (Lipinski definition) is 0. The fourth-order valence-corrected chi connectivity index (χ4v) is 4.44. The van der Waals surface area contributed by atoms with Crippen LogP contribution in [0.3, 0.4) is 0 Å². The molecule has 1 aliphatic rings. The quantitative estimate of drug-likeness (QED) is 0.0444. The van der Waals surface area contributed by atoms with Gasteiger partial charge in [-0.1, -0.05) is 67.5 Å². The van der Waals surface area contributed by atoms with Gasteiger partial charge in [0.15, 0.2) is 0 Å². The number of rotatable bonds is 19. The highest BCUT2D eigenvalue weighted by atomic mass is 19.4. The third kappa shape index (κ3) is 13.3. The van der Waals surface area contributed by atoms with Crippen LogP contribution in [0.1, 0.15) is 19.4 Å². The molecule has 0 spiro atoms. The number of aliphatic imine (C=N–C) groups is 1. The molecule has 3 rings (SSSR count). The summed E-state index contributed by atoms with van der Waals surface area (Å²) in [7, 11) is 0. The predicted molar refractivity (Wildman–Crippen MR) is 160 cm³/mol. The third-order valence-electron chi connectivity index (χ3n) is 7.05. The first kappa shape index (κ1) is 36.2. The Morgan fingerprint density at radius 2 is 1.40 bits per heavy atom. The molecular formula is C31H41F3N4O7. The van der Waals surface area contributed by atoms with E-state index in [2.05, 4.69) is 15.0 Å². The van der Waals surface area contributed by atoms with Crippen LogP contribution in [-0.2, 0) is 39.8 Å². The van der Waals surface area contributed by atoms with Crippen molar-refractivity contribution in [2.75, 3.05) is 59.4 Å². The van der Waals surface area contributed by atoms with Crippen molar-refractivity contribution in [3.05, 3.63) is 76.7 Å². The minimum absolute atomic E-state index is 0.102. The molecule has 2 aromatic rings. The second-order valence-corrected chi connectivity index (χ2v) is 10.3. The molecule has 0 aromatic heterocycles. The van der Waals surface area contributed by atoms with E-state index in [9.17, 15) is 13.2 Å². The number of ether oxygens (including phenoxy) is 7. The lowest BCUT2D eigenvalue weighted by Gasteiger charge is -2.44. The van der Waals surface area contributed by atoms with E-state index in [1.54, 1.807) is 18.2 Å². The first-order valence-corrected chi connectivity index (χ1v) is 14.8. The number of azide groups is 1. The van der Waals surface area contributed by atoms with Gasteiger partial charge in [0.2, 0.25) is 6.29 Å². The average Bonchev–Trinajstić information content (AvgIpc) is 3.03. The summed E-state index contributed by atoms with van der Waals surface area (Å²) < 4.78 is 81.9. The Balaban J connectivity index is 1.53. The standard InChI is InChI=1S/C31H41F3N4O7/c1-23-24(2)28(43-21-25-9-5-3-6-10-25)29(45-30(31(32,33)34)37-26-11-7-4-8-12-26)44-27(23)22-42-20-19-41-18-17-40-16-15-39-14-13-36-38-35/h3-12,23-24,27-29H,13-22H2,1-2H3/t23-,24-,27?,28?,29?/m0/s1. The lowest BCUT2D eigenvalue weighted by atomic mass is 9.83. The maximum atomic E-state index is 14.1. The molecule has 14 heteroatoms. The molecule has 45 heavy (non-hydrogen) atoms. The van der Waals surface area contributed by atoms with E-state index in [-0.39, 0.29) is 43.9 Å². The molecule has 3 unspecified atom stereocenters. The Kier molecular flexibility index (Phi) is 16.1. The summed E-state index contributed by atoms with van der Waals surface area (Å²) in [6, 6.07) is 17.1. The number of nitrogens with zero attached hydrogens (tertiary/aromatic N) is 4. The maximum Gasteiger partial charge on any atom is 0.468 e. The molecule has 0 amide bonds. The summed E-state index contributed by atoms with van der Waals surface area (Å²) in [5.41, 5.74) is 9.17. The Bertz CT molecular complexity index is 1170. The topological polar surface area (TPSA) is 126 Å². The van der Waals surface area contributed by atoms with Crippen LogP contribution >= 0.6 is 0 Å². The van der Waals surface area contributed by atoms with Gasteiger partial charge < -0.3 is 33.2 Å². The lowest BCUT2D eigenvalue weighted by Crippen LogP contribution is -2.54. The SMILES string of the molecule is C[C@@H]1C(COCCOCCOCCOCCN=[N+]=[N-])OC(OC(=Nc2ccccc2)C(F)(F)F)C(OCc2ccccc2)[C@H]1C. The zero-order valence-electron chi connectivity index (χ0n) is 25.5. The minimum atomic E-state index is -4.86. The molecule has 11 nitrogen and oxygen atoms in total. The van der Waals surface area contributed by atoms with Gasteiger partial charge in [0.25, 0.3) is 5.90 Å². The van der Waals surface area contributed by atoms with Crippen molar-refractivity contribution in [3.63, 3.8) is 0 Å². The molecule has 5 atom stereocenters. The van der Waals surface area contributed by atoms with Crippen LogP contribution in [0.4, 0.5) is 18.9 Å². The molecule has 1 aliphatic heterocycles. The summed E-state index contributed by atoms with van der Waals surface area (Å²) in [6.07, 6.45) is -7.61. The van der Waals surface area contributed by atoms with Crippen LogP contribution in [0.5, 0.6) is 0 Å². The molecule has 0 N–H and O–H groups in total. The fourth-order valence-electron chi connectivity index (χ4n) is 4.44. The molecule has 2 aromatic carbocycles. The Morgan fingerprint density at radius 3 is 2.00 bits per heavy atom. The molecule has 1 saturated heterocycles. The molecule has 248 valence electrons. The van der Waals surface area contributed by atoms with E-state index in [1.807, 2.05) is 44.2 Å². The van der Waals surface area contributed by atoms with Crippen molar-refractivity contribution < 1.29 is 46.3 Å². The van der Waals surface area contributed by atoms with Gasteiger partial charge in [0, 0.05) is 11.5 Å². The molecule has 1 fully saturated rings. The zero-order chi connectivity index (χ0) is 32.3. The van der Waals surface area contributed by atoms with Crippen molar-refractivity contribution in [1.82, 2.24) is 0 Å². The second kappa shape index (κ2) is 20.0. The minimum Gasteiger partial charge on any atom is -0.441 e. The summed E-state index contributed by atoms with van der Waals surface area (Å²) in [4.78, 5) is 6.38. The number of hydrogen-bond acceptors (Lipinski definition) is 9. The van der Waals surface area contributed by atoms with E-state index in [0.717, 1.165) is 5.56 Å². The average molecular weight is 639 g/mol. The van der Waals surface area contributed by atoms with Gasteiger partial charge in [-0.25, -0.2) is 4.99 Å². The smallest absolute Gasteiger partial charge is 0.441 e. The Hall–Kier alpha value is -3.23. The maximum absolute atomic E-state index is 14.1.